The standard InChI is InChI=1S/C41H63N3O7/c1-27(47)23-43-24-35-33-11-6-8-29(33)15-17-36-34(35)22-37(44-36)39(49)26-50-41-20-28(14-18-38(41)48)13-16-32-21-30(25-46)40(51-32)12-5-3-2-4-9-31(42)10-7-19-45/h14,18,20-22,27,29,31,33,35,39,43-49H,2-13,15-17,19,23-26,42H2,1H3. The molecule has 0 spiro atoms. The molecule has 0 aliphatic heterocycles. The van der Waals surface area contributed by atoms with Gasteiger partial charge in [0, 0.05) is 61.4 Å². The van der Waals surface area contributed by atoms with Gasteiger partial charge >= 0.3 is 0 Å². The Kier molecular flexibility index (Phi) is 15.3. The molecule has 6 atom stereocenters. The van der Waals surface area contributed by atoms with Gasteiger partial charge in [0.2, 0.25) is 0 Å². The molecule has 5 rings (SSSR count). The van der Waals surface area contributed by atoms with Gasteiger partial charge in [-0.25, -0.2) is 0 Å². The minimum Gasteiger partial charge on any atom is -0.504 e. The lowest BCUT2D eigenvalue weighted by atomic mass is 9.80. The zero-order chi connectivity index (χ0) is 36.2. The number of unbranched alkanes of at least 4 members (excludes halogenated alkanes) is 3. The summed E-state index contributed by atoms with van der Waals surface area (Å²) in [5.74, 6) is 3.71. The van der Waals surface area contributed by atoms with Crippen molar-refractivity contribution in [2.75, 3.05) is 26.3 Å². The number of aromatic amines is 1. The first kappa shape index (κ1) is 39.3. The number of hydrogen-bond acceptors (Lipinski definition) is 9. The number of rotatable bonds is 22. The Bertz CT molecular complexity index is 1470. The van der Waals surface area contributed by atoms with E-state index in [1.54, 1.807) is 13.0 Å². The second-order valence-corrected chi connectivity index (χ2v) is 15.2. The Balaban J connectivity index is 1.12. The van der Waals surface area contributed by atoms with Gasteiger partial charge in [0.1, 0.15) is 24.2 Å². The summed E-state index contributed by atoms with van der Waals surface area (Å²) >= 11 is 0. The van der Waals surface area contributed by atoms with E-state index in [2.05, 4.69) is 16.4 Å². The van der Waals surface area contributed by atoms with E-state index < -0.39 is 12.2 Å². The van der Waals surface area contributed by atoms with Crippen molar-refractivity contribution in [2.45, 2.75) is 134 Å². The van der Waals surface area contributed by atoms with Crippen LogP contribution in [0.15, 0.2) is 34.7 Å². The number of ether oxygens (including phenoxy) is 1. The predicted molar refractivity (Wildman–Crippen MR) is 199 cm³/mol. The van der Waals surface area contributed by atoms with Gasteiger partial charge in [-0.05, 0) is 106 Å². The first-order valence-corrected chi connectivity index (χ1v) is 19.6. The molecular weight excluding hydrogens is 646 g/mol. The van der Waals surface area contributed by atoms with Crippen molar-refractivity contribution in [3.63, 3.8) is 0 Å². The fraction of sp³-hybridized carbons (Fsp3) is 0.659. The number of nitrogens with two attached hydrogens (primary N) is 1. The van der Waals surface area contributed by atoms with Crippen LogP contribution in [0.5, 0.6) is 11.5 Å². The van der Waals surface area contributed by atoms with Crippen LogP contribution in [0.25, 0.3) is 0 Å². The Hall–Kier alpha value is -2.86. The van der Waals surface area contributed by atoms with Crippen molar-refractivity contribution in [2.24, 2.45) is 17.6 Å². The number of phenolic OH excluding ortho intramolecular Hbond substituents is 1. The maximum Gasteiger partial charge on any atom is 0.161 e. The zero-order valence-electron chi connectivity index (χ0n) is 30.6. The average molecular weight is 710 g/mol. The molecule has 10 nitrogen and oxygen atoms in total. The van der Waals surface area contributed by atoms with Crippen LogP contribution < -0.4 is 15.8 Å². The van der Waals surface area contributed by atoms with Gasteiger partial charge in [0.15, 0.2) is 11.5 Å². The fourth-order valence-corrected chi connectivity index (χ4v) is 8.37. The van der Waals surface area contributed by atoms with E-state index in [-0.39, 0.29) is 31.6 Å². The third-order valence-corrected chi connectivity index (χ3v) is 11.2. The molecule has 1 fully saturated rings. The number of aryl methyl sites for hydroxylation is 4. The maximum absolute atomic E-state index is 11.2. The molecule has 2 aliphatic rings. The van der Waals surface area contributed by atoms with Crippen molar-refractivity contribution in [3.05, 3.63) is 69.9 Å². The molecule has 1 saturated carbocycles. The van der Waals surface area contributed by atoms with Crippen LogP contribution in [0, 0.1) is 11.8 Å². The predicted octanol–water partition coefficient (Wildman–Crippen LogP) is 5.71. The van der Waals surface area contributed by atoms with Gasteiger partial charge in [-0.3, -0.25) is 0 Å². The highest BCUT2D eigenvalue weighted by molar-refractivity contribution is 5.42. The number of fused-ring (bicyclic) bond motifs is 2. The number of aromatic nitrogens is 1. The van der Waals surface area contributed by atoms with Gasteiger partial charge in [0.25, 0.3) is 0 Å². The number of benzene rings is 1. The Morgan fingerprint density at radius 1 is 0.980 bits per heavy atom. The molecule has 0 bridgehead atoms. The molecule has 9 N–H and O–H groups in total. The second-order valence-electron chi connectivity index (χ2n) is 15.2. The smallest absolute Gasteiger partial charge is 0.161 e. The molecule has 51 heavy (non-hydrogen) atoms. The maximum atomic E-state index is 11.2. The second kappa shape index (κ2) is 19.8. The highest BCUT2D eigenvalue weighted by Crippen LogP contribution is 2.47. The van der Waals surface area contributed by atoms with Crippen molar-refractivity contribution < 1.29 is 34.7 Å². The van der Waals surface area contributed by atoms with Gasteiger partial charge in [-0.1, -0.05) is 38.2 Å². The lowest BCUT2D eigenvalue weighted by Gasteiger charge is -2.27. The van der Waals surface area contributed by atoms with E-state index in [1.807, 2.05) is 18.2 Å². The topological polar surface area (TPSA) is 177 Å². The molecule has 2 heterocycles. The van der Waals surface area contributed by atoms with Crippen LogP contribution in [0.2, 0.25) is 0 Å². The molecule has 284 valence electrons. The number of aromatic hydroxyl groups is 1. The summed E-state index contributed by atoms with van der Waals surface area (Å²) in [6.07, 6.45) is 13.6. The summed E-state index contributed by atoms with van der Waals surface area (Å²) in [6.45, 7) is 3.34. The summed E-state index contributed by atoms with van der Waals surface area (Å²) in [7, 11) is 0. The monoisotopic (exact) mass is 709 g/mol. The van der Waals surface area contributed by atoms with Gasteiger partial charge in [-0.15, -0.1) is 0 Å². The molecule has 10 heteroatoms. The van der Waals surface area contributed by atoms with E-state index >= 15 is 0 Å². The van der Waals surface area contributed by atoms with Crippen LogP contribution in [0.4, 0.5) is 0 Å². The van der Waals surface area contributed by atoms with Crippen LogP contribution in [-0.2, 0) is 32.3 Å². The van der Waals surface area contributed by atoms with Crippen LogP contribution in [0.3, 0.4) is 0 Å². The van der Waals surface area contributed by atoms with Crippen molar-refractivity contribution >= 4 is 0 Å². The molecule has 2 aromatic heterocycles. The number of aliphatic hydroxyl groups excluding tert-OH is 4. The third kappa shape index (κ3) is 11.3. The Morgan fingerprint density at radius 3 is 2.61 bits per heavy atom. The highest BCUT2D eigenvalue weighted by Gasteiger charge is 2.38. The van der Waals surface area contributed by atoms with E-state index in [9.17, 15) is 20.4 Å². The summed E-state index contributed by atoms with van der Waals surface area (Å²) in [4.78, 5) is 3.53. The largest absolute Gasteiger partial charge is 0.504 e. The number of nitrogens with one attached hydrogen (secondary N) is 2. The summed E-state index contributed by atoms with van der Waals surface area (Å²) < 4.78 is 12.2. The molecule has 0 amide bonds. The number of furan rings is 1. The minimum absolute atomic E-state index is 0.00528. The first-order valence-electron chi connectivity index (χ1n) is 19.6. The van der Waals surface area contributed by atoms with Gasteiger partial charge in [-0.2, -0.15) is 0 Å². The van der Waals surface area contributed by atoms with Gasteiger partial charge < -0.3 is 50.7 Å². The number of phenols is 1. The average Bonchev–Trinajstić information content (AvgIpc) is 3.85. The fourth-order valence-electron chi connectivity index (χ4n) is 8.37. The highest BCUT2D eigenvalue weighted by atomic mass is 16.5. The number of hydrogen-bond donors (Lipinski definition) is 8. The number of H-pyrrole nitrogens is 1. The minimum atomic E-state index is -0.877. The van der Waals surface area contributed by atoms with E-state index in [0.29, 0.717) is 37.0 Å². The Labute approximate surface area is 303 Å². The van der Waals surface area contributed by atoms with Crippen LogP contribution in [-0.4, -0.2) is 69.0 Å². The molecule has 0 radical (unpaired) electrons. The molecule has 2 aliphatic carbocycles. The van der Waals surface area contributed by atoms with E-state index in [4.69, 9.17) is 20.0 Å². The van der Waals surface area contributed by atoms with Crippen molar-refractivity contribution in [1.29, 1.82) is 0 Å². The normalized spacial score (nSPS) is 20.5. The summed E-state index contributed by atoms with van der Waals surface area (Å²) in [5.41, 5.74) is 11.1. The SMILES string of the molecule is CC(O)CNCC1c2cc(C(O)COc3cc(CCc4cc(CO)c(CCCCCCC(N)CCCO)o4)ccc3O)[nH]c2CCC2CCCC21. The first-order chi connectivity index (χ1) is 24.7. The summed E-state index contributed by atoms with van der Waals surface area (Å²) in [5, 5.41) is 54.0. The van der Waals surface area contributed by atoms with Crippen LogP contribution in [0.1, 0.15) is 129 Å². The lowest BCUT2D eigenvalue weighted by Crippen LogP contribution is -2.32. The molecule has 3 aromatic rings. The van der Waals surface area contributed by atoms with E-state index in [0.717, 1.165) is 105 Å². The quantitative estimate of drug-likeness (QED) is 0.0607. The number of aliphatic hydroxyl groups is 4. The molecule has 6 unspecified atom stereocenters. The van der Waals surface area contributed by atoms with Crippen molar-refractivity contribution in [1.82, 2.24) is 10.3 Å². The van der Waals surface area contributed by atoms with Crippen LogP contribution >= 0.6 is 0 Å². The summed E-state index contributed by atoms with van der Waals surface area (Å²) in [6, 6.07) is 9.55. The molecule has 0 saturated heterocycles. The zero-order valence-corrected chi connectivity index (χ0v) is 30.6. The molecule has 1 aromatic carbocycles. The van der Waals surface area contributed by atoms with Gasteiger partial charge in [0.05, 0.1) is 12.7 Å². The van der Waals surface area contributed by atoms with E-state index in [1.165, 1.54) is 30.5 Å². The Morgan fingerprint density at radius 2 is 1.80 bits per heavy atom. The molecular formula is C41H63N3O7. The lowest BCUT2D eigenvalue weighted by molar-refractivity contribution is 0.103. The third-order valence-electron chi connectivity index (χ3n) is 11.2. The van der Waals surface area contributed by atoms with Crippen molar-refractivity contribution in [3.8, 4) is 11.5 Å².